The molecule has 3 rings (SSSR count). The highest BCUT2D eigenvalue weighted by molar-refractivity contribution is 7.22. The van der Waals surface area contributed by atoms with Crippen molar-refractivity contribution < 1.29 is 9.13 Å². The van der Waals surface area contributed by atoms with Crippen LogP contribution in [0, 0.1) is 12.7 Å². The number of fused-ring (bicyclic) bond motifs is 1. The zero-order chi connectivity index (χ0) is 15.9. The highest BCUT2D eigenvalue weighted by Crippen LogP contribution is 2.34. The van der Waals surface area contributed by atoms with Crippen molar-refractivity contribution in [3.05, 3.63) is 52.3 Å². The summed E-state index contributed by atoms with van der Waals surface area (Å²) in [4.78, 5) is 4.19. The minimum Gasteiger partial charge on any atom is -0.486 e. The van der Waals surface area contributed by atoms with Gasteiger partial charge in [-0.05, 0) is 43.7 Å². The first-order valence-corrected chi connectivity index (χ1v) is 7.92. The highest BCUT2D eigenvalue weighted by Gasteiger charge is 2.18. The number of thiazole rings is 1. The summed E-state index contributed by atoms with van der Waals surface area (Å²) in [6.45, 7) is 3.61. The van der Waals surface area contributed by atoms with Crippen LogP contribution in [0.3, 0.4) is 0 Å². The highest BCUT2D eigenvalue weighted by atomic mass is 35.5. The molecule has 0 saturated heterocycles. The van der Waals surface area contributed by atoms with E-state index in [4.69, 9.17) is 22.1 Å². The van der Waals surface area contributed by atoms with E-state index in [1.165, 1.54) is 17.4 Å². The monoisotopic (exact) mass is 336 g/mol. The second-order valence-corrected chi connectivity index (χ2v) is 6.47. The molecule has 2 aromatic carbocycles. The van der Waals surface area contributed by atoms with Gasteiger partial charge in [-0.3, -0.25) is 0 Å². The smallest absolute Gasteiger partial charge is 0.181 e. The molecule has 6 heteroatoms. The van der Waals surface area contributed by atoms with Crippen molar-refractivity contribution in [2.75, 3.05) is 5.73 Å². The van der Waals surface area contributed by atoms with Crippen molar-refractivity contribution in [2.24, 2.45) is 0 Å². The number of aromatic nitrogens is 1. The number of rotatable bonds is 3. The number of nitrogens with two attached hydrogens (primary N) is 1. The SMILES string of the molecule is Cc1ccc(F)c(C(C)Oc2ccc3nc(N)sc3c2)c1Cl. The maximum Gasteiger partial charge on any atom is 0.181 e. The zero-order valence-electron chi connectivity index (χ0n) is 12.1. The molecule has 3 aromatic rings. The topological polar surface area (TPSA) is 48.1 Å². The minimum absolute atomic E-state index is 0.366. The van der Waals surface area contributed by atoms with Crippen LogP contribution in [0.25, 0.3) is 10.2 Å². The Hall–Kier alpha value is -1.85. The molecule has 1 unspecified atom stereocenters. The molecule has 0 amide bonds. The fourth-order valence-corrected chi connectivity index (χ4v) is 3.38. The van der Waals surface area contributed by atoms with E-state index in [0.29, 0.717) is 21.5 Å². The fraction of sp³-hybridized carbons (Fsp3) is 0.188. The number of hydrogen-bond acceptors (Lipinski definition) is 4. The van der Waals surface area contributed by atoms with Gasteiger partial charge in [0, 0.05) is 5.56 Å². The molecule has 0 aliphatic rings. The summed E-state index contributed by atoms with van der Waals surface area (Å²) in [5.74, 6) is 0.256. The number of hydrogen-bond donors (Lipinski definition) is 1. The molecule has 1 aromatic heterocycles. The molecule has 114 valence electrons. The predicted molar refractivity (Wildman–Crippen MR) is 89.2 cm³/mol. The number of ether oxygens (including phenoxy) is 1. The zero-order valence-corrected chi connectivity index (χ0v) is 13.6. The van der Waals surface area contributed by atoms with Crippen LogP contribution >= 0.6 is 22.9 Å². The largest absolute Gasteiger partial charge is 0.486 e. The molecule has 1 heterocycles. The van der Waals surface area contributed by atoms with Crippen molar-refractivity contribution >= 4 is 38.3 Å². The lowest BCUT2D eigenvalue weighted by atomic mass is 10.1. The number of aryl methyl sites for hydroxylation is 1. The van der Waals surface area contributed by atoms with Crippen LogP contribution in [-0.4, -0.2) is 4.98 Å². The summed E-state index contributed by atoms with van der Waals surface area (Å²) >= 11 is 7.60. The Morgan fingerprint density at radius 1 is 1.32 bits per heavy atom. The first-order chi connectivity index (χ1) is 10.5. The summed E-state index contributed by atoms with van der Waals surface area (Å²) < 4.78 is 20.8. The van der Waals surface area contributed by atoms with Gasteiger partial charge in [0.2, 0.25) is 0 Å². The maximum atomic E-state index is 14.1. The summed E-state index contributed by atoms with van der Waals surface area (Å²) in [5, 5.41) is 0.906. The molecular weight excluding hydrogens is 323 g/mol. The second-order valence-electron chi connectivity index (χ2n) is 5.03. The molecule has 2 N–H and O–H groups in total. The quantitative estimate of drug-likeness (QED) is 0.722. The van der Waals surface area contributed by atoms with Crippen molar-refractivity contribution in [1.29, 1.82) is 0 Å². The van der Waals surface area contributed by atoms with Crippen LogP contribution in [0.15, 0.2) is 30.3 Å². The lowest BCUT2D eigenvalue weighted by molar-refractivity contribution is 0.222. The third-order valence-corrected chi connectivity index (χ3v) is 4.76. The van der Waals surface area contributed by atoms with E-state index < -0.39 is 6.10 Å². The third kappa shape index (κ3) is 2.74. The summed E-state index contributed by atoms with van der Waals surface area (Å²) in [5.41, 5.74) is 7.70. The van der Waals surface area contributed by atoms with Crippen LogP contribution in [0.2, 0.25) is 5.02 Å². The van der Waals surface area contributed by atoms with E-state index in [1.807, 2.05) is 19.1 Å². The Kier molecular flexibility index (Phi) is 3.93. The Labute approximate surface area is 136 Å². The molecule has 0 saturated carbocycles. The summed E-state index contributed by atoms with van der Waals surface area (Å²) in [7, 11) is 0. The standard InChI is InChI=1S/C16H14ClFN2OS/c1-8-3-5-11(18)14(15(8)17)9(2)21-10-4-6-12-13(7-10)22-16(19)20-12/h3-7,9H,1-2H3,(H2,19,20). The van der Waals surface area contributed by atoms with Crippen LogP contribution in [0.1, 0.15) is 24.2 Å². The van der Waals surface area contributed by atoms with Gasteiger partial charge in [-0.1, -0.05) is 29.0 Å². The average Bonchev–Trinajstić information content (AvgIpc) is 2.82. The van der Waals surface area contributed by atoms with Gasteiger partial charge in [0.25, 0.3) is 0 Å². The summed E-state index contributed by atoms with van der Waals surface area (Å²) in [6.07, 6.45) is -0.505. The second kappa shape index (κ2) is 5.74. The first-order valence-electron chi connectivity index (χ1n) is 6.73. The summed E-state index contributed by atoms with van der Waals surface area (Å²) in [6, 6.07) is 8.53. The van der Waals surface area contributed by atoms with Gasteiger partial charge in [0.1, 0.15) is 17.7 Å². The first kappa shape index (κ1) is 15.1. The Balaban J connectivity index is 1.92. The fourth-order valence-electron chi connectivity index (χ4n) is 2.31. The van der Waals surface area contributed by atoms with Gasteiger partial charge >= 0.3 is 0 Å². The van der Waals surface area contributed by atoms with E-state index in [0.717, 1.165) is 15.8 Å². The van der Waals surface area contributed by atoms with Gasteiger partial charge in [-0.15, -0.1) is 0 Å². The van der Waals surface area contributed by atoms with Crippen LogP contribution in [0.5, 0.6) is 5.75 Å². The Morgan fingerprint density at radius 2 is 2.09 bits per heavy atom. The van der Waals surface area contributed by atoms with Crippen LogP contribution < -0.4 is 10.5 Å². The van der Waals surface area contributed by atoms with Crippen molar-refractivity contribution in [3.63, 3.8) is 0 Å². The van der Waals surface area contributed by atoms with Gasteiger partial charge in [0.15, 0.2) is 5.13 Å². The maximum absolute atomic E-state index is 14.1. The molecule has 0 radical (unpaired) electrons. The molecule has 0 spiro atoms. The number of benzene rings is 2. The number of anilines is 1. The molecule has 22 heavy (non-hydrogen) atoms. The number of nitrogens with zero attached hydrogens (tertiary/aromatic N) is 1. The van der Waals surface area contributed by atoms with Crippen molar-refractivity contribution in [2.45, 2.75) is 20.0 Å². The Bertz CT molecular complexity index is 850. The van der Waals surface area contributed by atoms with E-state index in [9.17, 15) is 4.39 Å². The predicted octanol–water partition coefficient (Wildman–Crippen LogP) is 5.12. The minimum atomic E-state index is -0.505. The van der Waals surface area contributed by atoms with Crippen molar-refractivity contribution in [3.8, 4) is 5.75 Å². The molecule has 1 atom stereocenters. The molecule has 0 bridgehead atoms. The van der Waals surface area contributed by atoms with Gasteiger partial charge in [-0.2, -0.15) is 0 Å². The van der Waals surface area contributed by atoms with Crippen molar-refractivity contribution in [1.82, 2.24) is 4.98 Å². The molecule has 3 nitrogen and oxygen atoms in total. The Morgan fingerprint density at radius 3 is 2.86 bits per heavy atom. The molecule has 0 fully saturated rings. The molecular formula is C16H14ClFN2OS. The number of nitrogen functional groups attached to an aromatic ring is 1. The van der Waals surface area contributed by atoms with Gasteiger partial charge < -0.3 is 10.5 Å². The van der Waals surface area contributed by atoms with E-state index in [-0.39, 0.29) is 5.82 Å². The number of halogens is 2. The lowest BCUT2D eigenvalue weighted by Gasteiger charge is -2.18. The average molecular weight is 337 g/mol. The molecule has 0 aliphatic carbocycles. The third-order valence-electron chi connectivity index (χ3n) is 3.42. The molecule has 0 aliphatic heterocycles. The lowest BCUT2D eigenvalue weighted by Crippen LogP contribution is -2.07. The van der Waals surface area contributed by atoms with Crippen LogP contribution in [0.4, 0.5) is 9.52 Å². The van der Waals surface area contributed by atoms with E-state index >= 15 is 0 Å². The van der Waals surface area contributed by atoms with E-state index in [1.54, 1.807) is 19.1 Å². The van der Waals surface area contributed by atoms with Crippen LogP contribution in [-0.2, 0) is 0 Å². The van der Waals surface area contributed by atoms with Gasteiger partial charge in [-0.25, -0.2) is 9.37 Å². The normalized spacial score (nSPS) is 12.5. The van der Waals surface area contributed by atoms with E-state index in [2.05, 4.69) is 4.98 Å². The van der Waals surface area contributed by atoms with Gasteiger partial charge in [0.05, 0.1) is 15.2 Å².